The fourth-order valence-corrected chi connectivity index (χ4v) is 1.45. The van der Waals surface area contributed by atoms with E-state index < -0.39 is 10.9 Å². The molecule has 7 heteroatoms. The number of nitrogens with zero attached hydrogens (tertiary/aromatic N) is 1. The number of esters is 1. The van der Waals surface area contributed by atoms with Crippen LogP contribution in [-0.2, 0) is 14.3 Å². The Morgan fingerprint density at radius 2 is 2.10 bits per heavy atom. The second kappa shape index (κ2) is 8.47. The fraction of sp³-hybridized carbons (Fsp3) is 0.286. The maximum atomic E-state index is 11.4. The first-order valence-corrected chi connectivity index (χ1v) is 6.39. The minimum Gasteiger partial charge on any atom is -0.452 e. The zero-order valence-electron chi connectivity index (χ0n) is 11.6. The van der Waals surface area contributed by atoms with Crippen molar-refractivity contribution in [2.45, 2.75) is 13.3 Å². The number of carbonyl (C=O) groups is 2. The molecule has 1 N–H and O–H groups in total. The van der Waals surface area contributed by atoms with E-state index in [1.165, 1.54) is 24.3 Å². The van der Waals surface area contributed by atoms with Crippen LogP contribution in [-0.4, -0.2) is 30.0 Å². The van der Waals surface area contributed by atoms with E-state index in [0.29, 0.717) is 6.54 Å². The van der Waals surface area contributed by atoms with E-state index >= 15 is 0 Å². The molecule has 0 aromatic heterocycles. The number of nitro benzene ring substituents is 1. The van der Waals surface area contributed by atoms with Crippen LogP contribution in [0.15, 0.2) is 30.3 Å². The number of amides is 1. The summed E-state index contributed by atoms with van der Waals surface area (Å²) in [5, 5.41) is 13.3. The number of ether oxygens (including phenoxy) is 1. The molecule has 0 bridgehead atoms. The molecule has 0 heterocycles. The Balaban J connectivity index is 2.55. The van der Waals surface area contributed by atoms with Gasteiger partial charge >= 0.3 is 5.97 Å². The molecule has 0 saturated carbocycles. The van der Waals surface area contributed by atoms with Crippen LogP contribution in [0.25, 0.3) is 6.08 Å². The van der Waals surface area contributed by atoms with Gasteiger partial charge in [-0.1, -0.05) is 19.1 Å². The second-order valence-electron chi connectivity index (χ2n) is 4.11. The zero-order chi connectivity index (χ0) is 15.7. The molecule has 0 unspecified atom stereocenters. The van der Waals surface area contributed by atoms with Crippen molar-refractivity contribution in [2.24, 2.45) is 0 Å². The highest BCUT2D eigenvalue weighted by Gasteiger charge is 2.10. The number of nitro groups is 1. The predicted octanol–water partition coefficient (Wildman–Crippen LogP) is 1.68. The Morgan fingerprint density at radius 3 is 2.76 bits per heavy atom. The Labute approximate surface area is 121 Å². The average molecular weight is 292 g/mol. The summed E-state index contributed by atoms with van der Waals surface area (Å²) < 4.78 is 4.72. The van der Waals surface area contributed by atoms with Gasteiger partial charge in [-0.2, -0.15) is 0 Å². The van der Waals surface area contributed by atoms with Crippen LogP contribution < -0.4 is 5.32 Å². The molecule has 7 nitrogen and oxygen atoms in total. The second-order valence-corrected chi connectivity index (χ2v) is 4.11. The first-order chi connectivity index (χ1) is 10.0. The first kappa shape index (κ1) is 16.4. The number of hydrogen-bond acceptors (Lipinski definition) is 5. The smallest absolute Gasteiger partial charge is 0.331 e. The van der Waals surface area contributed by atoms with Crippen molar-refractivity contribution in [3.05, 3.63) is 46.0 Å². The number of para-hydroxylation sites is 1. The van der Waals surface area contributed by atoms with Gasteiger partial charge in [-0.05, 0) is 18.6 Å². The van der Waals surface area contributed by atoms with Crippen molar-refractivity contribution < 1.29 is 19.2 Å². The molecule has 0 spiro atoms. The van der Waals surface area contributed by atoms with Crippen molar-refractivity contribution in [1.29, 1.82) is 0 Å². The van der Waals surface area contributed by atoms with E-state index in [1.54, 1.807) is 6.07 Å². The van der Waals surface area contributed by atoms with E-state index in [9.17, 15) is 19.7 Å². The molecule has 0 saturated heterocycles. The van der Waals surface area contributed by atoms with E-state index in [1.807, 2.05) is 6.92 Å². The third-order valence-electron chi connectivity index (χ3n) is 2.45. The number of rotatable bonds is 7. The van der Waals surface area contributed by atoms with Crippen molar-refractivity contribution >= 4 is 23.6 Å². The molecule has 112 valence electrons. The summed E-state index contributed by atoms with van der Waals surface area (Å²) in [7, 11) is 0. The van der Waals surface area contributed by atoms with Crippen molar-refractivity contribution in [2.75, 3.05) is 13.2 Å². The van der Waals surface area contributed by atoms with Crippen molar-refractivity contribution in [3.63, 3.8) is 0 Å². The normalized spacial score (nSPS) is 10.3. The first-order valence-electron chi connectivity index (χ1n) is 6.39. The fourth-order valence-electron chi connectivity index (χ4n) is 1.45. The maximum absolute atomic E-state index is 11.4. The van der Waals surface area contributed by atoms with Gasteiger partial charge in [0.25, 0.3) is 11.6 Å². The Morgan fingerprint density at radius 1 is 1.38 bits per heavy atom. The summed E-state index contributed by atoms with van der Waals surface area (Å²) in [6, 6.07) is 6.00. The Bertz CT molecular complexity index is 554. The van der Waals surface area contributed by atoms with E-state index in [4.69, 9.17) is 4.74 Å². The molecule has 1 rings (SSSR count). The molecule has 1 amide bonds. The molecule has 0 aliphatic carbocycles. The van der Waals surface area contributed by atoms with Gasteiger partial charge in [-0.3, -0.25) is 14.9 Å². The molecular weight excluding hydrogens is 276 g/mol. The summed E-state index contributed by atoms with van der Waals surface area (Å²) in [4.78, 5) is 32.9. The highest BCUT2D eigenvalue weighted by atomic mass is 16.6. The van der Waals surface area contributed by atoms with Gasteiger partial charge in [0.1, 0.15) is 0 Å². The van der Waals surface area contributed by atoms with Gasteiger partial charge in [0, 0.05) is 18.7 Å². The van der Waals surface area contributed by atoms with E-state index in [2.05, 4.69) is 5.32 Å². The van der Waals surface area contributed by atoms with Crippen LogP contribution in [0.1, 0.15) is 18.9 Å². The average Bonchev–Trinajstić information content (AvgIpc) is 2.48. The molecule has 0 aliphatic rings. The highest BCUT2D eigenvalue weighted by Crippen LogP contribution is 2.18. The third-order valence-corrected chi connectivity index (χ3v) is 2.45. The lowest BCUT2D eigenvalue weighted by atomic mass is 10.1. The lowest BCUT2D eigenvalue weighted by Gasteiger charge is -2.03. The standard InChI is InChI=1S/C14H16N2O5/c1-2-9-15-13(17)10-21-14(18)8-7-11-5-3-4-6-12(11)16(19)20/h3-8H,2,9-10H2,1H3,(H,15,17). The van der Waals surface area contributed by atoms with Gasteiger partial charge in [0.15, 0.2) is 6.61 Å². The quantitative estimate of drug-likeness (QED) is 0.357. The number of carbonyl (C=O) groups excluding carboxylic acids is 2. The summed E-state index contributed by atoms with van der Waals surface area (Å²) in [6.45, 7) is 2.05. The largest absolute Gasteiger partial charge is 0.452 e. The van der Waals surface area contributed by atoms with Crippen LogP contribution in [0.4, 0.5) is 5.69 Å². The maximum Gasteiger partial charge on any atom is 0.331 e. The van der Waals surface area contributed by atoms with Gasteiger partial charge < -0.3 is 10.1 Å². The minimum atomic E-state index is -0.736. The molecule has 0 atom stereocenters. The summed E-state index contributed by atoms with van der Waals surface area (Å²) >= 11 is 0. The van der Waals surface area contributed by atoms with Crippen LogP contribution >= 0.6 is 0 Å². The van der Waals surface area contributed by atoms with Gasteiger partial charge in [0.05, 0.1) is 10.5 Å². The summed E-state index contributed by atoms with van der Waals surface area (Å²) in [5.74, 6) is -1.12. The topological polar surface area (TPSA) is 98.5 Å². The van der Waals surface area contributed by atoms with Crippen LogP contribution in [0.5, 0.6) is 0 Å². The molecule has 0 radical (unpaired) electrons. The predicted molar refractivity (Wildman–Crippen MR) is 76.4 cm³/mol. The minimum absolute atomic E-state index is 0.109. The highest BCUT2D eigenvalue weighted by molar-refractivity contribution is 5.89. The Hall–Kier alpha value is -2.70. The van der Waals surface area contributed by atoms with Gasteiger partial charge in [-0.15, -0.1) is 0 Å². The monoisotopic (exact) mass is 292 g/mol. The number of nitrogens with one attached hydrogen (secondary N) is 1. The summed E-state index contributed by atoms with van der Waals surface area (Å²) in [5.41, 5.74) is 0.178. The lowest BCUT2D eigenvalue weighted by Crippen LogP contribution is -2.28. The molecule has 21 heavy (non-hydrogen) atoms. The van der Waals surface area contributed by atoms with Crippen LogP contribution in [0.3, 0.4) is 0 Å². The lowest BCUT2D eigenvalue weighted by molar-refractivity contribution is -0.385. The third kappa shape index (κ3) is 5.85. The van der Waals surface area contributed by atoms with Crippen LogP contribution in [0, 0.1) is 10.1 Å². The summed E-state index contributed by atoms with van der Waals surface area (Å²) in [6.07, 6.45) is 3.12. The molecule has 0 aliphatic heterocycles. The van der Waals surface area contributed by atoms with Gasteiger partial charge in [0.2, 0.25) is 0 Å². The Kier molecular flexibility index (Phi) is 6.59. The molecule has 0 fully saturated rings. The molecule has 1 aromatic carbocycles. The van der Waals surface area contributed by atoms with Crippen LogP contribution in [0.2, 0.25) is 0 Å². The number of hydrogen-bond donors (Lipinski definition) is 1. The van der Waals surface area contributed by atoms with E-state index in [0.717, 1.165) is 12.5 Å². The van der Waals surface area contributed by atoms with Crippen molar-refractivity contribution in [3.8, 4) is 0 Å². The van der Waals surface area contributed by atoms with Crippen molar-refractivity contribution in [1.82, 2.24) is 5.32 Å². The molecule has 1 aromatic rings. The van der Waals surface area contributed by atoms with E-state index in [-0.39, 0.29) is 23.8 Å². The SMILES string of the molecule is CCCNC(=O)COC(=O)C=Cc1ccccc1[N+](=O)[O-]. The zero-order valence-corrected chi connectivity index (χ0v) is 11.6. The molecular formula is C14H16N2O5. The van der Waals surface area contributed by atoms with Gasteiger partial charge in [-0.25, -0.2) is 4.79 Å². The number of benzene rings is 1.